The highest BCUT2D eigenvalue weighted by atomic mass is 127. The van der Waals surface area contributed by atoms with Crippen LogP contribution in [0.1, 0.15) is 5.56 Å². The minimum atomic E-state index is 0.295. The number of benzene rings is 1. The van der Waals surface area contributed by atoms with E-state index in [2.05, 4.69) is 22.6 Å². The molecule has 0 saturated carbocycles. The molecule has 0 aliphatic carbocycles. The summed E-state index contributed by atoms with van der Waals surface area (Å²) < 4.78 is 5.86. The molecule has 0 aromatic heterocycles. The number of rotatable bonds is 3. The lowest BCUT2D eigenvalue weighted by molar-refractivity contribution is 0.177. The van der Waals surface area contributed by atoms with Crippen LogP contribution in [0.3, 0.4) is 0 Å². The highest BCUT2D eigenvalue weighted by molar-refractivity contribution is 14.1. The molecule has 0 fully saturated rings. The molecule has 0 heterocycles. The van der Waals surface area contributed by atoms with Crippen molar-refractivity contribution in [3.63, 3.8) is 0 Å². The maximum absolute atomic E-state index is 8.94. The first-order valence-electron chi connectivity index (χ1n) is 3.24. The summed E-state index contributed by atoms with van der Waals surface area (Å²) in [6.45, 7) is 0.614. The van der Waals surface area contributed by atoms with Gasteiger partial charge < -0.3 is 9.84 Å². The van der Waals surface area contributed by atoms with Gasteiger partial charge in [-0.1, -0.05) is 34.7 Å². The van der Waals surface area contributed by atoms with E-state index in [0.29, 0.717) is 17.0 Å². The highest BCUT2D eigenvalue weighted by Crippen LogP contribution is 2.10. The van der Waals surface area contributed by atoms with Gasteiger partial charge in [0.25, 0.3) is 0 Å². The van der Waals surface area contributed by atoms with Crippen molar-refractivity contribution in [3.8, 4) is 5.75 Å². The van der Waals surface area contributed by atoms with Crippen molar-refractivity contribution >= 4 is 22.6 Å². The van der Waals surface area contributed by atoms with Gasteiger partial charge in [-0.15, -0.1) is 0 Å². The molecule has 11 heavy (non-hydrogen) atoms. The molecule has 1 aromatic rings. The van der Waals surface area contributed by atoms with E-state index in [9.17, 15) is 0 Å². The third-order valence-electron chi connectivity index (χ3n) is 1.28. The number of phenols is 1. The van der Waals surface area contributed by atoms with Crippen molar-refractivity contribution in [1.82, 2.24) is 0 Å². The third kappa shape index (κ3) is 3.07. The lowest BCUT2D eigenvalue weighted by atomic mass is 10.2. The molecular formula is C8H9IO2. The standard InChI is InChI=1S/C8H9IO2/c9-6-11-5-7-1-3-8(10)4-2-7/h1-4,10H,5-6H2. The largest absolute Gasteiger partial charge is 0.508 e. The average Bonchev–Trinajstić information content (AvgIpc) is 2.04. The smallest absolute Gasteiger partial charge is 0.115 e. The normalized spacial score (nSPS) is 9.91. The number of alkyl halides is 1. The van der Waals surface area contributed by atoms with E-state index >= 15 is 0 Å². The fraction of sp³-hybridized carbons (Fsp3) is 0.250. The Kier molecular flexibility index (Phi) is 3.65. The van der Waals surface area contributed by atoms with Gasteiger partial charge in [0.05, 0.1) is 11.2 Å². The first kappa shape index (κ1) is 8.80. The summed E-state index contributed by atoms with van der Waals surface area (Å²) in [5.74, 6) is 0.295. The molecule has 0 saturated heterocycles. The second kappa shape index (κ2) is 4.56. The summed E-state index contributed by atoms with van der Waals surface area (Å²) in [5, 5.41) is 8.94. The quantitative estimate of drug-likeness (QED) is 0.670. The lowest BCUT2D eigenvalue weighted by Gasteiger charge is -1.99. The van der Waals surface area contributed by atoms with Crippen LogP contribution in [-0.4, -0.2) is 9.72 Å². The van der Waals surface area contributed by atoms with E-state index < -0.39 is 0 Å². The van der Waals surface area contributed by atoms with Crippen LogP contribution in [0.15, 0.2) is 24.3 Å². The summed E-state index contributed by atoms with van der Waals surface area (Å²) in [6.07, 6.45) is 0. The lowest BCUT2D eigenvalue weighted by Crippen LogP contribution is -1.88. The Morgan fingerprint density at radius 1 is 1.27 bits per heavy atom. The Morgan fingerprint density at radius 2 is 1.91 bits per heavy atom. The number of hydrogen-bond acceptors (Lipinski definition) is 2. The maximum Gasteiger partial charge on any atom is 0.115 e. The molecule has 1 rings (SSSR count). The van der Waals surface area contributed by atoms with E-state index in [4.69, 9.17) is 9.84 Å². The van der Waals surface area contributed by atoms with Crippen molar-refractivity contribution in [2.24, 2.45) is 0 Å². The number of phenolic OH excluding ortho intramolecular Hbond substituents is 1. The summed E-state index contributed by atoms with van der Waals surface area (Å²) in [7, 11) is 0. The van der Waals surface area contributed by atoms with E-state index in [1.807, 2.05) is 12.1 Å². The van der Waals surface area contributed by atoms with Crippen LogP contribution in [0.5, 0.6) is 5.75 Å². The number of hydrogen-bond donors (Lipinski definition) is 1. The van der Waals surface area contributed by atoms with Gasteiger partial charge in [0, 0.05) is 0 Å². The van der Waals surface area contributed by atoms with Gasteiger partial charge in [-0.2, -0.15) is 0 Å². The molecule has 0 atom stereocenters. The Morgan fingerprint density at radius 3 is 2.45 bits per heavy atom. The van der Waals surface area contributed by atoms with Crippen LogP contribution >= 0.6 is 22.6 Å². The molecule has 0 spiro atoms. The first-order chi connectivity index (χ1) is 5.33. The second-order valence-electron chi connectivity index (χ2n) is 2.12. The van der Waals surface area contributed by atoms with Crippen LogP contribution in [0.4, 0.5) is 0 Å². The number of ether oxygens (including phenoxy) is 1. The number of aromatic hydroxyl groups is 1. The molecule has 0 radical (unpaired) electrons. The van der Waals surface area contributed by atoms with Crippen molar-refractivity contribution in [2.75, 3.05) is 4.61 Å². The fourth-order valence-corrected chi connectivity index (χ4v) is 0.969. The second-order valence-corrected chi connectivity index (χ2v) is 2.75. The van der Waals surface area contributed by atoms with Gasteiger partial charge in [0.2, 0.25) is 0 Å². The molecule has 0 aliphatic heterocycles. The molecule has 1 aromatic carbocycles. The summed E-state index contributed by atoms with van der Waals surface area (Å²) in [6, 6.07) is 7.01. The highest BCUT2D eigenvalue weighted by Gasteiger charge is 1.91. The molecule has 3 heteroatoms. The predicted molar refractivity (Wildman–Crippen MR) is 51.8 cm³/mol. The minimum absolute atomic E-state index is 0.295. The summed E-state index contributed by atoms with van der Waals surface area (Å²) >= 11 is 2.15. The van der Waals surface area contributed by atoms with Crippen molar-refractivity contribution in [1.29, 1.82) is 0 Å². The van der Waals surface area contributed by atoms with Crippen LogP contribution in [-0.2, 0) is 11.3 Å². The molecule has 0 bridgehead atoms. The van der Waals surface area contributed by atoms with Crippen molar-refractivity contribution < 1.29 is 9.84 Å². The van der Waals surface area contributed by atoms with Crippen molar-refractivity contribution in [3.05, 3.63) is 29.8 Å². The monoisotopic (exact) mass is 264 g/mol. The Balaban J connectivity index is 2.52. The average molecular weight is 264 g/mol. The zero-order valence-electron chi connectivity index (χ0n) is 5.96. The van der Waals surface area contributed by atoms with Crippen LogP contribution in [0.2, 0.25) is 0 Å². The zero-order valence-corrected chi connectivity index (χ0v) is 8.11. The van der Waals surface area contributed by atoms with Gasteiger partial charge in [0.15, 0.2) is 0 Å². The topological polar surface area (TPSA) is 29.5 Å². The fourth-order valence-electron chi connectivity index (χ4n) is 0.749. The van der Waals surface area contributed by atoms with Gasteiger partial charge in [-0.3, -0.25) is 0 Å². The molecule has 60 valence electrons. The van der Waals surface area contributed by atoms with E-state index in [-0.39, 0.29) is 0 Å². The van der Waals surface area contributed by atoms with Gasteiger partial charge in [0.1, 0.15) is 5.75 Å². The van der Waals surface area contributed by atoms with E-state index in [0.717, 1.165) is 5.56 Å². The third-order valence-corrected chi connectivity index (χ3v) is 1.72. The molecule has 0 amide bonds. The molecule has 0 aliphatic rings. The van der Waals surface area contributed by atoms with Gasteiger partial charge in [-0.05, 0) is 17.7 Å². The molecule has 2 nitrogen and oxygen atoms in total. The van der Waals surface area contributed by atoms with Crippen LogP contribution < -0.4 is 0 Å². The molecular weight excluding hydrogens is 255 g/mol. The number of halogens is 1. The van der Waals surface area contributed by atoms with Crippen LogP contribution in [0, 0.1) is 0 Å². The van der Waals surface area contributed by atoms with E-state index in [1.165, 1.54) is 0 Å². The summed E-state index contributed by atoms with van der Waals surface area (Å²) in [5.41, 5.74) is 1.08. The van der Waals surface area contributed by atoms with Crippen LogP contribution in [0.25, 0.3) is 0 Å². The Labute approximate surface area is 79.3 Å². The Bertz CT molecular complexity index is 208. The first-order valence-corrected chi connectivity index (χ1v) is 4.77. The minimum Gasteiger partial charge on any atom is -0.508 e. The molecule has 1 N–H and O–H groups in total. The van der Waals surface area contributed by atoms with Gasteiger partial charge >= 0.3 is 0 Å². The van der Waals surface area contributed by atoms with E-state index in [1.54, 1.807) is 12.1 Å². The predicted octanol–water partition coefficient (Wildman–Crippen LogP) is 2.30. The van der Waals surface area contributed by atoms with Gasteiger partial charge in [-0.25, -0.2) is 0 Å². The summed E-state index contributed by atoms with van der Waals surface area (Å²) in [4.78, 5) is 0. The maximum atomic E-state index is 8.94. The SMILES string of the molecule is Oc1ccc(COCI)cc1. The Hall–Kier alpha value is -0.290. The van der Waals surface area contributed by atoms with Crippen molar-refractivity contribution in [2.45, 2.75) is 6.61 Å². The molecule has 0 unspecified atom stereocenters. The zero-order chi connectivity index (χ0) is 8.10.